The molecule has 1 saturated heterocycles. The summed E-state index contributed by atoms with van der Waals surface area (Å²) in [6.07, 6.45) is 5.20. The topological polar surface area (TPSA) is 106 Å². The van der Waals surface area contributed by atoms with Gasteiger partial charge < -0.3 is 9.64 Å². The van der Waals surface area contributed by atoms with Gasteiger partial charge in [0, 0.05) is 12.1 Å². The SMILES string of the molecule is CC(C)c1nn(-c2ccc(F)cc2)c2nc(C(=O)NS(C)(=O)=O)cc(OCCC3CCCCN3C)c12. The van der Waals surface area contributed by atoms with Crippen LogP contribution in [0.25, 0.3) is 16.7 Å². The van der Waals surface area contributed by atoms with E-state index in [2.05, 4.69) is 16.9 Å². The van der Waals surface area contributed by atoms with E-state index < -0.39 is 21.7 Å². The largest absolute Gasteiger partial charge is 0.493 e. The molecule has 0 aliphatic carbocycles. The minimum Gasteiger partial charge on any atom is -0.493 e. The van der Waals surface area contributed by atoms with Crippen molar-refractivity contribution >= 4 is 27.0 Å². The Morgan fingerprint density at radius 1 is 1.25 bits per heavy atom. The maximum Gasteiger partial charge on any atom is 0.283 e. The van der Waals surface area contributed by atoms with E-state index in [9.17, 15) is 17.6 Å². The standard InChI is InChI=1S/C25H32FN5O4S/c1-16(2)23-22-21(35-14-12-18-7-5-6-13-30(18)3)15-20(25(32)29-36(4,33)34)27-24(22)31(28-23)19-10-8-17(26)9-11-19/h8-11,15-16,18H,5-7,12-14H2,1-4H3,(H,29,32). The van der Waals surface area contributed by atoms with Gasteiger partial charge in [0.05, 0.1) is 29.6 Å². The first-order valence-corrected chi connectivity index (χ1v) is 14.0. The van der Waals surface area contributed by atoms with Crippen LogP contribution in [0.4, 0.5) is 4.39 Å². The van der Waals surface area contributed by atoms with Crippen molar-refractivity contribution in [2.45, 2.75) is 51.5 Å². The molecule has 2 aromatic heterocycles. The minimum absolute atomic E-state index is 0.00137. The molecule has 4 rings (SSSR count). The summed E-state index contributed by atoms with van der Waals surface area (Å²) in [7, 11) is -1.68. The van der Waals surface area contributed by atoms with E-state index in [0.717, 1.165) is 25.6 Å². The van der Waals surface area contributed by atoms with Crippen LogP contribution in [0.3, 0.4) is 0 Å². The predicted molar refractivity (Wildman–Crippen MR) is 136 cm³/mol. The van der Waals surface area contributed by atoms with E-state index in [1.165, 1.54) is 35.7 Å². The highest BCUT2D eigenvalue weighted by atomic mass is 32.2. The van der Waals surface area contributed by atoms with E-state index in [1.54, 1.807) is 12.1 Å². The van der Waals surface area contributed by atoms with Crippen LogP contribution in [0.15, 0.2) is 30.3 Å². The number of aromatic nitrogens is 3. The Labute approximate surface area is 210 Å². The van der Waals surface area contributed by atoms with Gasteiger partial charge in [0.1, 0.15) is 17.3 Å². The number of ether oxygens (including phenoxy) is 1. The van der Waals surface area contributed by atoms with Crippen LogP contribution in [-0.2, 0) is 10.0 Å². The van der Waals surface area contributed by atoms with Gasteiger partial charge in [-0.3, -0.25) is 4.79 Å². The predicted octanol–water partition coefficient (Wildman–Crippen LogP) is 3.63. The molecule has 0 radical (unpaired) electrons. The van der Waals surface area contributed by atoms with Gasteiger partial charge in [0.2, 0.25) is 10.0 Å². The zero-order chi connectivity index (χ0) is 26.0. The molecule has 1 fully saturated rings. The first kappa shape index (κ1) is 26.0. The molecule has 0 spiro atoms. The van der Waals surface area contributed by atoms with Gasteiger partial charge in [-0.2, -0.15) is 5.10 Å². The Morgan fingerprint density at radius 3 is 2.61 bits per heavy atom. The normalized spacial score (nSPS) is 17.0. The van der Waals surface area contributed by atoms with Crippen molar-refractivity contribution in [2.75, 3.05) is 26.5 Å². The van der Waals surface area contributed by atoms with Crippen molar-refractivity contribution in [3.8, 4) is 11.4 Å². The lowest BCUT2D eigenvalue weighted by molar-refractivity contribution is 0.0976. The fourth-order valence-corrected chi connectivity index (χ4v) is 4.98. The van der Waals surface area contributed by atoms with Gasteiger partial charge in [-0.05, 0) is 63.0 Å². The molecule has 1 N–H and O–H groups in total. The quantitative estimate of drug-likeness (QED) is 0.486. The molecule has 194 valence electrons. The second-order valence-electron chi connectivity index (χ2n) is 9.60. The lowest BCUT2D eigenvalue weighted by atomic mass is 10.0. The number of likely N-dealkylation sites (tertiary alicyclic amines) is 1. The average Bonchev–Trinajstić information content (AvgIpc) is 3.20. The third-order valence-electron chi connectivity index (χ3n) is 6.39. The lowest BCUT2D eigenvalue weighted by Gasteiger charge is -2.32. The number of carbonyl (C=O) groups is 1. The number of nitrogens with zero attached hydrogens (tertiary/aromatic N) is 4. The van der Waals surface area contributed by atoms with E-state index >= 15 is 0 Å². The molecule has 3 aromatic rings. The van der Waals surface area contributed by atoms with Crippen LogP contribution in [0.2, 0.25) is 0 Å². The summed E-state index contributed by atoms with van der Waals surface area (Å²) in [5.41, 5.74) is 1.48. The summed E-state index contributed by atoms with van der Waals surface area (Å²) < 4.78 is 46.7. The molecule has 1 aromatic carbocycles. The van der Waals surface area contributed by atoms with Crippen molar-refractivity contribution in [2.24, 2.45) is 0 Å². The smallest absolute Gasteiger partial charge is 0.283 e. The van der Waals surface area contributed by atoms with Gasteiger partial charge in [-0.1, -0.05) is 20.3 Å². The molecule has 0 bridgehead atoms. The summed E-state index contributed by atoms with van der Waals surface area (Å²) in [5.74, 6) is -0.848. The fourth-order valence-electron chi connectivity index (χ4n) is 4.54. The number of sulfonamides is 1. The van der Waals surface area contributed by atoms with Gasteiger partial charge in [0.25, 0.3) is 5.91 Å². The van der Waals surface area contributed by atoms with E-state index in [1.807, 2.05) is 18.6 Å². The molecule has 1 amide bonds. The van der Waals surface area contributed by atoms with Gasteiger partial charge >= 0.3 is 0 Å². The highest BCUT2D eigenvalue weighted by molar-refractivity contribution is 7.89. The average molecular weight is 518 g/mol. The molecule has 1 aliphatic rings. The van der Waals surface area contributed by atoms with E-state index in [4.69, 9.17) is 9.84 Å². The van der Waals surface area contributed by atoms with Crippen LogP contribution in [-0.4, -0.2) is 66.5 Å². The number of benzene rings is 1. The number of carbonyl (C=O) groups excluding carboxylic acids is 1. The van der Waals surface area contributed by atoms with Crippen molar-refractivity contribution in [1.29, 1.82) is 0 Å². The number of hydrogen-bond donors (Lipinski definition) is 1. The molecule has 1 unspecified atom stereocenters. The van der Waals surface area contributed by atoms with Gasteiger partial charge in [0.15, 0.2) is 5.65 Å². The number of rotatable bonds is 8. The number of nitrogens with one attached hydrogen (secondary N) is 1. The first-order valence-electron chi connectivity index (χ1n) is 12.1. The minimum atomic E-state index is -3.80. The first-order chi connectivity index (χ1) is 17.0. The van der Waals surface area contributed by atoms with E-state index in [-0.39, 0.29) is 11.6 Å². The second kappa shape index (κ2) is 10.5. The Morgan fingerprint density at radius 2 is 1.97 bits per heavy atom. The zero-order valence-corrected chi connectivity index (χ0v) is 21.8. The van der Waals surface area contributed by atoms with Crippen molar-refractivity contribution in [1.82, 2.24) is 24.4 Å². The number of hydrogen-bond acceptors (Lipinski definition) is 7. The zero-order valence-electron chi connectivity index (χ0n) is 21.0. The molecule has 11 heteroatoms. The molecule has 3 heterocycles. The van der Waals surface area contributed by atoms with Crippen molar-refractivity contribution in [3.63, 3.8) is 0 Å². The summed E-state index contributed by atoms with van der Waals surface area (Å²) in [4.78, 5) is 19.6. The molecule has 9 nitrogen and oxygen atoms in total. The Balaban J connectivity index is 1.79. The molecule has 1 atom stereocenters. The molecule has 1 aliphatic heterocycles. The number of pyridine rings is 1. The van der Waals surface area contributed by atoms with Crippen LogP contribution >= 0.6 is 0 Å². The molecular formula is C25H32FN5O4S. The van der Waals surface area contributed by atoms with E-state index in [0.29, 0.717) is 40.8 Å². The van der Waals surface area contributed by atoms with Gasteiger partial charge in [-0.25, -0.2) is 27.2 Å². The summed E-state index contributed by atoms with van der Waals surface area (Å²) in [5, 5.41) is 5.37. The molecular weight excluding hydrogens is 485 g/mol. The third kappa shape index (κ3) is 5.84. The highest BCUT2D eigenvalue weighted by Gasteiger charge is 2.25. The number of fused-ring (bicyclic) bond motifs is 1. The lowest BCUT2D eigenvalue weighted by Crippen LogP contribution is -2.37. The summed E-state index contributed by atoms with van der Waals surface area (Å²) in [6.45, 7) is 5.45. The second-order valence-corrected chi connectivity index (χ2v) is 11.4. The van der Waals surface area contributed by atoms with Crippen LogP contribution < -0.4 is 9.46 Å². The fraction of sp³-hybridized carbons (Fsp3) is 0.480. The maximum atomic E-state index is 13.6. The number of piperidine rings is 1. The number of halogens is 1. The van der Waals surface area contributed by atoms with Crippen molar-refractivity contribution < 1.29 is 22.3 Å². The van der Waals surface area contributed by atoms with Crippen LogP contribution in [0.1, 0.15) is 61.6 Å². The monoisotopic (exact) mass is 517 g/mol. The molecule has 36 heavy (non-hydrogen) atoms. The summed E-state index contributed by atoms with van der Waals surface area (Å²) in [6, 6.07) is 7.64. The number of amides is 1. The highest BCUT2D eigenvalue weighted by Crippen LogP contribution is 2.34. The van der Waals surface area contributed by atoms with Crippen molar-refractivity contribution in [3.05, 3.63) is 47.5 Å². The van der Waals surface area contributed by atoms with Crippen LogP contribution in [0, 0.1) is 5.82 Å². The summed E-state index contributed by atoms with van der Waals surface area (Å²) >= 11 is 0. The Kier molecular flexibility index (Phi) is 7.60. The third-order valence-corrected chi connectivity index (χ3v) is 6.94. The Hall–Kier alpha value is -3.05. The molecule has 0 saturated carbocycles. The van der Waals surface area contributed by atoms with Crippen LogP contribution in [0.5, 0.6) is 5.75 Å². The maximum absolute atomic E-state index is 13.6. The van der Waals surface area contributed by atoms with Gasteiger partial charge in [-0.15, -0.1) is 0 Å². The Bertz CT molecular complexity index is 1360.